The van der Waals surface area contributed by atoms with Crippen molar-refractivity contribution in [2.75, 3.05) is 7.11 Å². The third kappa shape index (κ3) is 3.44. The fourth-order valence-corrected chi connectivity index (χ4v) is 3.18. The fraction of sp³-hybridized carbons (Fsp3) is 0.136. The van der Waals surface area contributed by atoms with Crippen LogP contribution in [0.3, 0.4) is 0 Å². The zero-order valence-electron chi connectivity index (χ0n) is 15.3. The predicted octanol–water partition coefficient (Wildman–Crippen LogP) is 3.36. The molecule has 0 atom stereocenters. The molecule has 2 heterocycles. The lowest BCUT2D eigenvalue weighted by Gasteiger charge is -2.20. The second kappa shape index (κ2) is 7.52. The van der Waals surface area contributed by atoms with E-state index in [1.165, 1.54) is 7.11 Å². The van der Waals surface area contributed by atoms with Crippen LogP contribution >= 0.6 is 0 Å². The maximum Gasteiger partial charge on any atom is 0.337 e. The van der Waals surface area contributed by atoms with Crippen molar-refractivity contribution in [2.45, 2.75) is 13.2 Å². The number of hydrogen-bond donors (Lipinski definition) is 1. The standard InChI is InChI=1S/C22H18N2O4/c1-27-22(26)16-4-2-3-14(9-16)11-24-21(25)15-5-6-19-18-7-8-23-12-17(18)13-28-20(19)10-15/h2-10,12H,11,13H2,1H3,(H,24,25). The Bertz CT molecular complexity index is 1060. The number of fused-ring (bicyclic) bond motifs is 3. The van der Waals surface area contributed by atoms with Crippen molar-refractivity contribution in [3.63, 3.8) is 0 Å². The van der Waals surface area contributed by atoms with Gasteiger partial charge in [-0.1, -0.05) is 12.1 Å². The van der Waals surface area contributed by atoms with Crippen LogP contribution in [0.5, 0.6) is 5.75 Å². The van der Waals surface area contributed by atoms with E-state index >= 15 is 0 Å². The lowest BCUT2D eigenvalue weighted by molar-refractivity contribution is 0.0600. The molecule has 0 unspecified atom stereocenters. The molecule has 1 amide bonds. The van der Waals surface area contributed by atoms with Gasteiger partial charge in [0.05, 0.1) is 12.7 Å². The number of nitrogens with one attached hydrogen (secondary N) is 1. The Morgan fingerprint density at radius 2 is 2.00 bits per heavy atom. The number of carbonyl (C=O) groups is 2. The third-order valence-corrected chi connectivity index (χ3v) is 4.62. The normalized spacial score (nSPS) is 11.6. The molecule has 1 N–H and O–H groups in total. The van der Waals surface area contributed by atoms with Gasteiger partial charge in [-0.25, -0.2) is 4.79 Å². The Hall–Kier alpha value is -3.67. The highest BCUT2D eigenvalue weighted by Gasteiger charge is 2.19. The molecule has 2 aromatic carbocycles. The van der Waals surface area contributed by atoms with Gasteiger partial charge >= 0.3 is 5.97 Å². The minimum absolute atomic E-state index is 0.213. The van der Waals surface area contributed by atoms with E-state index in [1.54, 1.807) is 42.7 Å². The summed E-state index contributed by atoms with van der Waals surface area (Å²) in [5.74, 6) is 0.0601. The molecule has 140 valence electrons. The summed E-state index contributed by atoms with van der Waals surface area (Å²) in [4.78, 5) is 28.3. The number of benzene rings is 2. The number of amides is 1. The molecular weight excluding hydrogens is 356 g/mol. The largest absolute Gasteiger partial charge is 0.488 e. The lowest BCUT2D eigenvalue weighted by atomic mass is 9.97. The minimum Gasteiger partial charge on any atom is -0.488 e. The summed E-state index contributed by atoms with van der Waals surface area (Å²) in [5, 5.41) is 2.87. The van der Waals surface area contributed by atoms with Gasteiger partial charge in [0.25, 0.3) is 5.91 Å². The summed E-state index contributed by atoms with van der Waals surface area (Å²) in [6, 6.07) is 14.3. The van der Waals surface area contributed by atoms with Crippen LogP contribution in [0.15, 0.2) is 60.9 Å². The van der Waals surface area contributed by atoms with E-state index < -0.39 is 5.97 Å². The highest BCUT2D eigenvalue weighted by Crippen LogP contribution is 2.37. The molecule has 6 heteroatoms. The third-order valence-electron chi connectivity index (χ3n) is 4.62. The summed E-state index contributed by atoms with van der Waals surface area (Å²) < 4.78 is 10.5. The van der Waals surface area contributed by atoms with Gasteiger partial charge < -0.3 is 14.8 Å². The Morgan fingerprint density at radius 1 is 1.11 bits per heavy atom. The molecule has 0 saturated heterocycles. The molecule has 1 aliphatic rings. The first-order valence-corrected chi connectivity index (χ1v) is 8.81. The van der Waals surface area contributed by atoms with Crippen LogP contribution in [0.1, 0.15) is 31.8 Å². The lowest BCUT2D eigenvalue weighted by Crippen LogP contribution is -2.23. The van der Waals surface area contributed by atoms with Crippen molar-refractivity contribution >= 4 is 11.9 Å². The number of hydrogen-bond acceptors (Lipinski definition) is 5. The van der Waals surface area contributed by atoms with E-state index in [0.717, 1.165) is 22.3 Å². The van der Waals surface area contributed by atoms with Crippen LogP contribution in [0.25, 0.3) is 11.1 Å². The van der Waals surface area contributed by atoms with Crippen molar-refractivity contribution in [1.82, 2.24) is 10.3 Å². The Balaban J connectivity index is 1.49. The van der Waals surface area contributed by atoms with E-state index in [1.807, 2.05) is 18.2 Å². The van der Waals surface area contributed by atoms with Gasteiger partial charge in [-0.05, 0) is 47.5 Å². The van der Waals surface area contributed by atoms with Crippen molar-refractivity contribution in [3.8, 4) is 16.9 Å². The summed E-state index contributed by atoms with van der Waals surface area (Å²) in [7, 11) is 1.34. The number of carbonyl (C=O) groups excluding carboxylic acids is 2. The van der Waals surface area contributed by atoms with Crippen LogP contribution in [0.4, 0.5) is 0 Å². The minimum atomic E-state index is -0.407. The first-order valence-electron chi connectivity index (χ1n) is 8.81. The number of aromatic nitrogens is 1. The van der Waals surface area contributed by atoms with Gasteiger partial charge in [0.1, 0.15) is 12.4 Å². The average Bonchev–Trinajstić information content (AvgIpc) is 2.76. The smallest absolute Gasteiger partial charge is 0.337 e. The molecule has 0 bridgehead atoms. The monoisotopic (exact) mass is 374 g/mol. The van der Waals surface area contributed by atoms with E-state index in [0.29, 0.717) is 30.0 Å². The average molecular weight is 374 g/mol. The van der Waals surface area contributed by atoms with Gasteiger partial charge in [0.15, 0.2) is 0 Å². The van der Waals surface area contributed by atoms with E-state index in [2.05, 4.69) is 10.3 Å². The highest BCUT2D eigenvalue weighted by atomic mass is 16.5. The van der Waals surface area contributed by atoms with Gasteiger partial charge in [-0.3, -0.25) is 9.78 Å². The molecule has 6 nitrogen and oxygen atoms in total. The molecule has 4 rings (SSSR count). The first-order chi connectivity index (χ1) is 13.7. The molecule has 28 heavy (non-hydrogen) atoms. The van der Waals surface area contributed by atoms with Crippen molar-refractivity contribution in [1.29, 1.82) is 0 Å². The Kier molecular flexibility index (Phi) is 4.76. The molecular formula is C22H18N2O4. The number of esters is 1. The van der Waals surface area contributed by atoms with E-state index in [9.17, 15) is 9.59 Å². The molecule has 1 aromatic heterocycles. The summed E-state index contributed by atoms with van der Waals surface area (Å²) in [6.07, 6.45) is 3.54. The topological polar surface area (TPSA) is 77.5 Å². The van der Waals surface area contributed by atoms with Crippen LogP contribution in [-0.4, -0.2) is 24.0 Å². The van der Waals surface area contributed by atoms with Gasteiger partial charge in [0, 0.05) is 35.6 Å². The number of ether oxygens (including phenoxy) is 2. The number of rotatable bonds is 4. The van der Waals surface area contributed by atoms with Crippen LogP contribution in [0.2, 0.25) is 0 Å². The Morgan fingerprint density at radius 3 is 2.86 bits per heavy atom. The molecule has 1 aliphatic heterocycles. The summed E-state index contributed by atoms with van der Waals surface area (Å²) in [5.41, 5.74) is 4.82. The quantitative estimate of drug-likeness (QED) is 0.709. The molecule has 3 aromatic rings. The SMILES string of the molecule is COC(=O)c1cccc(CNC(=O)c2ccc3c(c2)OCc2cnccc2-3)c1. The van der Waals surface area contributed by atoms with Crippen LogP contribution in [0, 0.1) is 0 Å². The number of methoxy groups -OCH3 is 1. The van der Waals surface area contributed by atoms with Gasteiger partial charge in [-0.15, -0.1) is 0 Å². The first kappa shape index (κ1) is 17.7. The highest BCUT2D eigenvalue weighted by molar-refractivity contribution is 5.96. The van der Waals surface area contributed by atoms with E-state index in [-0.39, 0.29) is 5.91 Å². The Labute approximate surface area is 162 Å². The summed E-state index contributed by atoms with van der Waals surface area (Å²) >= 11 is 0. The zero-order chi connectivity index (χ0) is 19.5. The van der Waals surface area contributed by atoms with E-state index in [4.69, 9.17) is 9.47 Å². The van der Waals surface area contributed by atoms with Crippen molar-refractivity contribution in [2.24, 2.45) is 0 Å². The molecule has 0 fully saturated rings. The second-order valence-corrected chi connectivity index (χ2v) is 6.41. The summed E-state index contributed by atoms with van der Waals surface area (Å²) in [6.45, 7) is 0.734. The fourth-order valence-electron chi connectivity index (χ4n) is 3.18. The van der Waals surface area contributed by atoms with Gasteiger partial charge in [0.2, 0.25) is 0 Å². The van der Waals surface area contributed by atoms with Gasteiger partial charge in [-0.2, -0.15) is 0 Å². The second-order valence-electron chi connectivity index (χ2n) is 6.41. The zero-order valence-corrected chi connectivity index (χ0v) is 15.3. The van der Waals surface area contributed by atoms with Crippen molar-refractivity contribution in [3.05, 3.63) is 83.2 Å². The molecule has 0 spiro atoms. The molecule has 0 radical (unpaired) electrons. The molecule has 0 saturated carbocycles. The maximum atomic E-state index is 12.6. The predicted molar refractivity (Wildman–Crippen MR) is 103 cm³/mol. The van der Waals surface area contributed by atoms with Crippen LogP contribution < -0.4 is 10.1 Å². The van der Waals surface area contributed by atoms with Crippen molar-refractivity contribution < 1.29 is 19.1 Å². The molecule has 0 aliphatic carbocycles. The number of nitrogens with zero attached hydrogens (tertiary/aromatic N) is 1. The van der Waals surface area contributed by atoms with Crippen LogP contribution in [-0.2, 0) is 17.9 Å². The number of pyridine rings is 1. The maximum absolute atomic E-state index is 12.6.